The van der Waals surface area contributed by atoms with E-state index in [9.17, 15) is 4.79 Å². The van der Waals surface area contributed by atoms with Gasteiger partial charge in [0.15, 0.2) is 0 Å². The average molecular weight is 136 g/mol. The summed E-state index contributed by atoms with van der Waals surface area (Å²) in [4.78, 5) is 10.9. The van der Waals surface area contributed by atoms with Gasteiger partial charge >= 0.3 is 0 Å². The number of nitrogens with zero attached hydrogens (tertiary/aromatic N) is 1. The summed E-state index contributed by atoms with van der Waals surface area (Å²) in [6.45, 7) is 4.12. The molecule has 1 heterocycles. The van der Waals surface area contributed by atoms with E-state index < -0.39 is 0 Å². The summed E-state index contributed by atoms with van der Waals surface area (Å²) >= 11 is 0. The van der Waals surface area contributed by atoms with Gasteiger partial charge in [-0.25, -0.2) is 0 Å². The number of hydrogen-bond donors (Lipinski definition) is 0. The van der Waals surface area contributed by atoms with Crippen LogP contribution in [0.3, 0.4) is 0 Å². The zero-order valence-electron chi connectivity index (χ0n) is 5.66. The van der Waals surface area contributed by atoms with Crippen LogP contribution in [0.2, 0.25) is 0 Å². The van der Waals surface area contributed by atoms with Gasteiger partial charge in [0.05, 0.1) is 0 Å². The van der Waals surface area contributed by atoms with E-state index in [1.807, 2.05) is 6.07 Å². The molecule has 1 rings (SSSR count). The highest BCUT2D eigenvalue weighted by Crippen LogP contribution is 1.80. The van der Waals surface area contributed by atoms with Crippen LogP contribution in [-0.2, 0) is 6.54 Å². The lowest BCUT2D eigenvalue weighted by atomic mass is 10.5. The van der Waals surface area contributed by atoms with Crippen molar-refractivity contribution in [1.29, 1.82) is 0 Å². The highest BCUT2D eigenvalue weighted by Gasteiger charge is 1.86. The maximum atomic E-state index is 10.9. The first kappa shape index (κ1) is 6.81. The van der Waals surface area contributed by atoms with E-state index in [0.717, 1.165) is 0 Å². The molecule has 52 valence electrons. The molecule has 0 aromatic carbocycles. The predicted molar refractivity (Wildman–Crippen MR) is 40.9 cm³/mol. The van der Waals surface area contributed by atoms with Crippen molar-refractivity contribution in [1.82, 2.24) is 4.57 Å². The molecule has 0 bridgehead atoms. The van der Waals surface area contributed by atoms with E-state index in [1.165, 1.54) is 6.07 Å². The molecule has 1 aromatic rings. The van der Waals surface area contributed by atoms with E-state index >= 15 is 0 Å². The third kappa shape index (κ3) is 1.35. The van der Waals surface area contributed by atoms with Gasteiger partial charge in [0.1, 0.15) is 0 Å². The molecule has 0 spiro atoms. The number of pyridine rings is 1. The van der Waals surface area contributed by atoms with Crippen LogP contribution in [0.1, 0.15) is 0 Å². The summed E-state index contributed by atoms with van der Waals surface area (Å²) in [6.07, 6.45) is 3.44. The van der Waals surface area contributed by atoms with Gasteiger partial charge in [-0.2, -0.15) is 0 Å². The molecule has 0 saturated heterocycles. The minimum atomic E-state index is 0.0161. The number of aromatic nitrogens is 1. The quantitative estimate of drug-likeness (QED) is 0.557. The SMILES string of the molecule is C=CCn1cccc[13c]1=O. The van der Waals surface area contributed by atoms with Gasteiger partial charge in [0.2, 0.25) is 0 Å². The molecule has 1 aromatic heterocycles. The molecule has 10 heavy (non-hydrogen) atoms. The maximum Gasteiger partial charge on any atom is 0.250 e. The topological polar surface area (TPSA) is 22.0 Å². The van der Waals surface area contributed by atoms with Crippen molar-refractivity contribution >= 4 is 0 Å². The Morgan fingerprint density at radius 2 is 2.40 bits per heavy atom. The van der Waals surface area contributed by atoms with Gasteiger partial charge in [0, 0.05) is 18.8 Å². The van der Waals surface area contributed by atoms with Crippen LogP contribution in [-0.4, -0.2) is 4.57 Å². The molecule has 0 atom stereocenters. The zero-order valence-corrected chi connectivity index (χ0v) is 5.66. The van der Waals surface area contributed by atoms with Gasteiger partial charge in [-0.05, 0) is 6.07 Å². The van der Waals surface area contributed by atoms with Crippen LogP contribution < -0.4 is 5.56 Å². The standard InChI is InChI=1S/C8H9NO/c1-2-6-9-7-4-3-5-8(9)10/h2-5,7H,1,6H2/i8+1. The molecule has 2 heteroatoms. The fourth-order valence-electron chi connectivity index (χ4n) is 0.751. The molecule has 2 nitrogen and oxygen atoms in total. The zero-order chi connectivity index (χ0) is 7.40. The van der Waals surface area contributed by atoms with Crippen molar-refractivity contribution in [2.75, 3.05) is 0 Å². The number of hydrogen-bond acceptors (Lipinski definition) is 1. The first-order valence-electron chi connectivity index (χ1n) is 3.11. The van der Waals surface area contributed by atoms with Gasteiger partial charge < -0.3 is 4.57 Å². The Kier molecular flexibility index (Phi) is 2.05. The Morgan fingerprint density at radius 1 is 1.60 bits per heavy atom. The normalized spacial score (nSPS) is 9.20. The van der Waals surface area contributed by atoms with Crippen molar-refractivity contribution in [3.63, 3.8) is 0 Å². The Balaban J connectivity index is 3.03. The lowest BCUT2D eigenvalue weighted by Crippen LogP contribution is -2.16. The molecular weight excluding hydrogens is 127 g/mol. The molecular formula is C8H9NO. The molecule has 0 fully saturated rings. The Morgan fingerprint density at radius 3 is 3.00 bits per heavy atom. The summed E-state index contributed by atoms with van der Waals surface area (Å²) in [7, 11) is 0. The van der Waals surface area contributed by atoms with Crippen LogP contribution in [0.4, 0.5) is 0 Å². The minimum absolute atomic E-state index is 0.0161. The monoisotopic (exact) mass is 136 g/mol. The summed E-state index contributed by atoms with van der Waals surface area (Å²) in [5.41, 5.74) is 0.0161. The second-order valence-electron chi connectivity index (χ2n) is 1.98. The van der Waals surface area contributed by atoms with Crippen molar-refractivity contribution in [2.24, 2.45) is 0 Å². The predicted octanol–water partition coefficient (Wildman–Crippen LogP) is 1.03. The first-order chi connectivity index (χ1) is 4.84. The van der Waals surface area contributed by atoms with Crippen LogP contribution in [0, 0.1) is 0 Å². The first-order valence-corrected chi connectivity index (χ1v) is 3.11. The summed E-state index contributed by atoms with van der Waals surface area (Å²) in [6, 6.07) is 5.08. The van der Waals surface area contributed by atoms with E-state index in [2.05, 4.69) is 6.58 Å². The highest BCUT2D eigenvalue weighted by atomic mass is 16.2. The molecule has 0 amide bonds. The number of rotatable bonds is 2. The van der Waals surface area contributed by atoms with Crippen LogP contribution in [0.5, 0.6) is 0 Å². The lowest BCUT2D eigenvalue weighted by molar-refractivity contribution is 0.780. The van der Waals surface area contributed by atoms with Gasteiger partial charge in [-0.15, -0.1) is 6.58 Å². The van der Waals surface area contributed by atoms with Crippen molar-refractivity contribution < 1.29 is 0 Å². The molecule has 0 aliphatic carbocycles. The van der Waals surface area contributed by atoms with E-state index in [-0.39, 0.29) is 5.56 Å². The summed E-state index contributed by atoms with van der Waals surface area (Å²) < 4.78 is 1.59. The molecule has 0 unspecified atom stereocenters. The molecule has 0 aliphatic heterocycles. The Hall–Kier alpha value is -1.31. The third-order valence-corrected chi connectivity index (χ3v) is 1.22. The van der Waals surface area contributed by atoms with Crippen LogP contribution in [0.15, 0.2) is 41.8 Å². The smallest absolute Gasteiger partial charge is 0.250 e. The molecule has 0 aliphatic rings. The Labute approximate surface area is 59.4 Å². The van der Waals surface area contributed by atoms with E-state index in [4.69, 9.17) is 0 Å². The van der Waals surface area contributed by atoms with Crippen molar-refractivity contribution in [2.45, 2.75) is 6.54 Å². The molecule has 0 saturated carbocycles. The van der Waals surface area contributed by atoms with Crippen molar-refractivity contribution in [3.8, 4) is 0 Å². The Bertz CT molecular complexity index is 275. The second-order valence-corrected chi connectivity index (χ2v) is 1.98. The fraction of sp³-hybridized carbons (Fsp3) is 0.125. The molecule has 0 N–H and O–H groups in total. The summed E-state index contributed by atoms with van der Waals surface area (Å²) in [5.74, 6) is 0. The fourth-order valence-corrected chi connectivity index (χ4v) is 0.751. The molecule has 0 radical (unpaired) electrons. The van der Waals surface area contributed by atoms with E-state index in [0.29, 0.717) is 6.54 Å². The van der Waals surface area contributed by atoms with E-state index in [1.54, 1.807) is 22.9 Å². The van der Waals surface area contributed by atoms with Crippen LogP contribution >= 0.6 is 0 Å². The van der Waals surface area contributed by atoms with Gasteiger partial charge in [0.25, 0.3) is 5.56 Å². The van der Waals surface area contributed by atoms with Gasteiger partial charge in [-0.3, -0.25) is 4.79 Å². The van der Waals surface area contributed by atoms with Crippen LogP contribution in [0.25, 0.3) is 0 Å². The van der Waals surface area contributed by atoms with Gasteiger partial charge in [-0.1, -0.05) is 12.1 Å². The number of allylic oxidation sites excluding steroid dienone is 1. The second kappa shape index (κ2) is 3.01. The summed E-state index contributed by atoms with van der Waals surface area (Å²) in [5, 5.41) is 0. The highest BCUT2D eigenvalue weighted by molar-refractivity contribution is 4.94. The van der Waals surface area contributed by atoms with Crippen molar-refractivity contribution in [3.05, 3.63) is 47.4 Å². The lowest BCUT2D eigenvalue weighted by Gasteiger charge is -1.97. The maximum absolute atomic E-state index is 10.9. The largest absolute Gasteiger partial charge is 0.312 e. The third-order valence-electron chi connectivity index (χ3n) is 1.22. The minimum Gasteiger partial charge on any atom is -0.312 e. The average Bonchev–Trinajstić information content (AvgIpc) is 1.94.